The van der Waals surface area contributed by atoms with Crippen LogP contribution in [0.3, 0.4) is 0 Å². The Bertz CT molecular complexity index is 603. The van der Waals surface area contributed by atoms with Crippen molar-refractivity contribution < 1.29 is 4.79 Å². The Hall–Kier alpha value is -1.94. The van der Waals surface area contributed by atoms with Crippen molar-refractivity contribution in [1.29, 1.82) is 0 Å². The first-order chi connectivity index (χ1) is 9.69. The van der Waals surface area contributed by atoms with Crippen LogP contribution in [0.2, 0.25) is 0 Å². The van der Waals surface area contributed by atoms with Crippen LogP contribution in [0.5, 0.6) is 0 Å². The summed E-state index contributed by atoms with van der Waals surface area (Å²) in [5, 5.41) is 3.96. The van der Waals surface area contributed by atoms with Crippen LogP contribution in [0.4, 0.5) is 0 Å². The molecule has 2 rings (SSSR count). The molecule has 0 fully saturated rings. The summed E-state index contributed by atoms with van der Waals surface area (Å²) in [6, 6.07) is 15.2. The molecule has 0 unspecified atom stereocenters. The zero-order chi connectivity index (χ0) is 14.4. The van der Waals surface area contributed by atoms with Crippen molar-refractivity contribution in [2.75, 3.05) is 0 Å². The monoisotopic (exact) mass is 330 g/mol. The van der Waals surface area contributed by atoms with Gasteiger partial charge in [-0.1, -0.05) is 47.1 Å². The third-order valence-electron chi connectivity index (χ3n) is 2.87. The molecule has 0 heterocycles. The molecule has 0 aliphatic heterocycles. The number of hydrogen-bond acceptors (Lipinski definition) is 2. The molecule has 20 heavy (non-hydrogen) atoms. The Kier molecular flexibility index (Phi) is 5.07. The second kappa shape index (κ2) is 7.01. The predicted molar refractivity (Wildman–Crippen MR) is 85.0 cm³/mol. The first-order valence-electron chi connectivity index (χ1n) is 6.37. The van der Waals surface area contributed by atoms with Crippen molar-refractivity contribution in [1.82, 2.24) is 5.43 Å². The fourth-order valence-corrected chi connectivity index (χ4v) is 1.93. The van der Waals surface area contributed by atoms with E-state index in [0.29, 0.717) is 5.56 Å². The Morgan fingerprint density at radius 3 is 2.40 bits per heavy atom. The molecule has 0 bridgehead atoms. The molecule has 0 aliphatic carbocycles. The molecule has 0 saturated carbocycles. The molecular formula is C16H15BrN2O. The highest BCUT2D eigenvalue weighted by atomic mass is 79.9. The number of nitrogens with zero attached hydrogens (tertiary/aromatic N) is 1. The summed E-state index contributed by atoms with van der Waals surface area (Å²) in [5.41, 5.74) is 5.32. The third-order valence-corrected chi connectivity index (χ3v) is 3.40. The minimum Gasteiger partial charge on any atom is -0.267 e. The molecule has 0 aliphatic rings. The summed E-state index contributed by atoms with van der Waals surface area (Å²) in [4.78, 5) is 11.8. The number of halogens is 1. The highest BCUT2D eigenvalue weighted by Crippen LogP contribution is 2.10. The van der Waals surface area contributed by atoms with Crippen molar-refractivity contribution in [3.05, 3.63) is 69.7 Å². The molecule has 0 radical (unpaired) electrons. The van der Waals surface area contributed by atoms with Crippen LogP contribution >= 0.6 is 15.9 Å². The minimum absolute atomic E-state index is 0.223. The van der Waals surface area contributed by atoms with E-state index in [-0.39, 0.29) is 5.91 Å². The molecule has 4 heteroatoms. The highest BCUT2D eigenvalue weighted by Gasteiger charge is 2.02. The summed E-state index contributed by atoms with van der Waals surface area (Å²) in [7, 11) is 0. The number of benzene rings is 2. The Balaban J connectivity index is 1.95. The molecule has 1 N–H and O–H groups in total. The molecule has 0 aromatic heterocycles. The van der Waals surface area contributed by atoms with Gasteiger partial charge in [0.15, 0.2) is 0 Å². The zero-order valence-electron chi connectivity index (χ0n) is 11.1. The van der Waals surface area contributed by atoms with Crippen LogP contribution in [0.25, 0.3) is 0 Å². The maximum atomic E-state index is 11.8. The molecule has 3 nitrogen and oxygen atoms in total. The van der Waals surface area contributed by atoms with E-state index in [9.17, 15) is 4.79 Å². The normalized spacial score (nSPS) is 10.7. The molecule has 102 valence electrons. The van der Waals surface area contributed by atoms with Crippen LogP contribution in [-0.4, -0.2) is 12.1 Å². The number of hydrazone groups is 1. The Morgan fingerprint density at radius 2 is 1.80 bits per heavy atom. The van der Waals surface area contributed by atoms with E-state index in [1.165, 1.54) is 5.56 Å². The summed E-state index contributed by atoms with van der Waals surface area (Å²) >= 11 is 3.33. The van der Waals surface area contributed by atoms with Gasteiger partial charge in [0.2, 0.25) is 0 Å². The van der Waals surface area contributed by atoms with Crippen LogP contribution in [0.1, 0.15) is 28.4 Å². The van der Waals surface area contributed by atoms with Gasteiger partial charge >= 0.3 is 0 Å². The fourth-order valence-electron chi connectivity index (χ4n) is 1.67. The second-order valence-corrected chi connectivity index (χ2v) is 5.22. The number of aryl methyl sites for hydroxylation is 1. The number of amides is 1. The lowest BCUT2D eigenvalue weighted by atomic mass is 10.1. The first-order valence-corrected chi connectivity index (χ1v) is 7.16. The zero-order valence-corrected chi connectivity index (χ0v) is 12.7. The van der Waals surface area contributed by atoms with Gasteiger partial charge in [-0.15, -0.1) is 0 Å². The lowest BCUT2D eigenvalue weighted by molar-refractivity contribution is 0.0955. The molecule has 0 atom stereocenters. The number of hydrogen-bond donors (Lipinski definition) is 1. The topological polar surface area (TPSA) is 41.5 Å². The standard InChI is InChI=1S/C16H15BrN2O/c1-2-12-3-5-13(6-4-12)11-18-19-16(20)14-7-9-15(17)10-8-14/h3-11H,2H2,1H3,(H,19,20)/b18-11-. The van der Waals surface area contributed by atoms with Crippen molar-refractivity contribution in [3.63, 3.8) is 0 Å². The van der Waals surface area contributed by atoms with Crippen molar-refractivity contribution in [2.24, 2.45) is 5.10 Å². The molecule has 0 spiro atoms. The summed E-state index contributed by atoms with van der Waals surface area (Å²) in [6.45, 7) is 2.11. The predicted octanol–water partition coefficient (Wildman–Crippen LogP) is 3.78. The SMILES string of the molecule is CCc1ccc(/C=N\NC(=O)c2ccc(Br)cc2)cc1. The highest BCUT2D eigenvalue weighted by molar-refractivity contribution is 9.10. The lowest BCUT2D eigenvalue weighted by Crippen LogP contribution is -2.17. The third kappa shape index (κ3) is 4.03. The van der Waals surface area contributed by atoms with E-state index in [4.69, 9.17) is 0 Å². The first kappa shape index (κ1) is 14.5. The van der Waals surface area contributed by atoms with E-state index < -0.39 is 0 Å². The van der Waals surface area contributed by atoms with Crippen molar-refractivity contribution in [2.45, 2.75) is 13.3 Å². The van der Waals surface area contributed by atoms with E-state index in [1.54, 1.807) is 18.3 Å². The van der Waals surface area contributed by atoms with Gasteiger partial charge in [0, 0.05) is 10.0 Å². The van der Waals surface area contributed by atoms with Crippen LogP contribution in [0.15, 0.2) is 58.1 Å². The fraction of sp³-hybridized carbons (Fsp3) is 0.125. The van der Waals surface area contributed by atoms with Gasteiger partial charge in [0.25, 0.3) is 5.91 Å². The van der Waals surface area contributed by atoms with Gasteiger partial charge in [0.05, 0.1) is 6.21 Å². The van der Waals surface area contributed by atoms with Crippen molar-refractivity contribution in [3.8, 4) is 0 Å². The summed E-state index contributed by atoms with van der Waals surface area (Å²) in [6.07, 6.45) is 2.65. The largest absolute Gasteiger partial charge is 0.271 e. The number of rotatable bonds is 4. The van der Waals surface area contributed by atoms with E-state index in [0.717, 1.165) is 16.5 Å². The van der Waals surface area contributed by atoms with Gasteiger partial charge in [0.1, 0.15) is 0 Å². The van der Waals surface area contributed by atoms with Gasteiger partial charge in [-0.25, -0.2) is 5.43 Å². The van der Waals surface area contributed by atoms with Gasteiger partial charge < -0.3 is 0 Å². The molecular weight excluding hydrogens is 316 g/mol. The molecule has 1 amide bonds. The average Bonchev–Trinajstić information content (AvgIpc) is 2.48. The number of carbonyl (C=O) groups is 1. The molecule has 0 saturated heterocycles. The minimum atomic E-state index is -0.223. The maximum absolute atomic E-state index is 11.8. The summed E-state index contributed by atoms with van der Waals surface area (Å²) in [5.74, 6) is -0.223. The number of carbonyl (C=O) groups excluding carboxylic acids is 1. The smallest absolute Gasteiger partial charge is 0.267 e. The van der Waals surface area contributed by atoms with Gasteiger partial charge in [-0.05, 0) is 41.8 Å². The molecule has 2 aromatic rings. The van der Waals surface area contributed by atoms with E-state index in [2.05, 4.69) is 45.5 Å². The lowest BCUT2D eigenvalue weighted by Gasteiger charge is -2.00. The van der Waals surface area contributed by atoms with E-state index in [1.807, 2.05) is 24.3 Å². The average molecular weight is 331 g/mol. The van der Waals surface area contributed by atoms with Crippen LogP contribution in [0, 0.1) is 0 Å². The summed E-state index contributed by atoms with van der Waals surface area (Å²) < 4.78 is 0.938. The van der Waals surface area contributed by atoms with Crippen molar-refractivity contribution >= 4 is 28.1 Å². The van der Waals surface area contributed by atoms with Gasteiger partial charge in [-0.3, -0.25) is 4.79 Å². The van der Waals surface area contributed by atoms with E-state index >= 15 is 0 Å². The quantitative estimate of drug-likeness (QED) is 0.672. The van der Waals surface area contributed by atoms with Crippen LogP contribution in [-0.2, 0) is 6.42 Å². The van der Waals surface area contributed by atoms with Gasteiger partial charge in [-0.2, -0.15) is 5.10 Å². The second-order valence-electron chi connectivity index (χ2n) is 4.30. The number of nitrogens with one attached hydrogen (secondary N) is 1. The van der Waals surface area contributed by atoms with Crippen LogP contribution < -0.4 is 5.43 Å². The maximum Gasteiger partial charge on any atom is 0.271 e. The Labute approximate surface area is 126 Å². The Morgan fingerprint density at radius 1 is 1.15 bits per heavy atom. The molecule has 2 aromatic carbocycles.